The van der Waals surface area contributed by atoms with Crippen LogP contribution in [0.25, 0.3) is 0 Å². The molecule has 1 aliphatic heterocycles. The molecule has 7 heteroatoms. The van der Waals surface area contributed by atoms with Crippen molar-refractivity contribution in [3.05, 3.63) is 58.1 Å². The number of nitrogens with one attached hydrogen (secondary N) is 1. The van der Waals surface area contributed by atoms with Crippen LogP contribution in [-0.4, -0.2) is 44.4 Å². The van der Waals surface area contributed by atoms with Crippen LogP contribution in [0.5, 0.6) is 5.75 Å². The van der Waals surface area contributed by atoms with Crippen LogP contribution < -0.4 is 15.0 Å². The van der Waals surface area contributed by atoms with Gasteiger partial charge in [0.1, 0.15) is 18.0 Å². The Hall–Kier alpha value is -2.80. The molecule has 1 saturated heterocycles. The molecule has 3 rings (SSSR count). The maximum Gasteiger partial charge on any atom is 0.292 e. The van der Waals surface area contributed by atoms with Crippen LogP contribution in [0.4, 0.5) is 17.1 Å². The van der Waals surface area contributed by atoms with Crippen molar-refractivity contribution in [1.82, 2.24) is 0 Å². The van der Waals surface area contributed by atoms with E-state index in [-0.39, 0.29) is 10.6 Å². The minimum absolute atomic E-state index is 0.0675. The van der Waals surface area contributed by atoms with Crippen molar-refractivity contribution in [2.45, 2.75) is 6.92 Å². The Labute approximate surface area is 152 Å². The lowest BCUT2D eigenvalue weighted by Crippen LogP contribution is -2.36. The summed E-state index contributed by atoms with van der Waals surface area (Å²) in [6, 6.07) is 13.0. The fourth-order valence-corrected chi connectivity index (χ4v) is 2.91. The first-order valence-electron chi connectivity index (χ1n) is 8.68. The van der Waals surface area contributed by atoms with Gasteiger partial charge in [-0.1, -0.05) is 18.2 Å². The summed E-state index contributed by atoms with van der Waals surface area (Å²) in [7, 11) is 0. The number of hydrogen-bond donors (Lipinski definition) is 1. The van der Waals surface area contributed by atoms with Crippen LogP contribution in [0.2, 0.25) is 0 Å². The molecule has 0 radical (unpaired) electrons. The molecule has 0 aliphatic carbocycles. The van der Waals surface area contributed by atoms with Gasteiger partial charge >= 0.3 is 0 Å². The van der Waals surface area contributed by atoms with E-state index in [1.807, 2.05) is 37.3 Å². The standard InChI is InChI=1S/C19H23N3O4/c1-15-4-2-3-5-19(15)26-11-8-20-17-14-16(6-7-18(17)22(23)24)21-9-12-25-13-10-21/h2-7,14,20H,8-13H2,1H3. The highest BCUT2D eigenvalue weighted by Crippen LogP contribution is 2.30. The van der Waals surface area contributed by atoms with E-state index in [1.165, 1.54) is 0 Å². The molecule has 1 aliphatic rings. The molecule has 0 amide bonds. The molecule has 1 fully saturated rings. The van der Waals surface area contributed by atoms with Crippen LogP contribution >= 0.6 is 0 Å². The van der Waals surface area contributed by atoms with Gasteiger partial charge in [0.25, 0.3) is 5.69 Å². The summed E-state index contributed by atoms with van der Waals surface area (Å²) >= 11 is 0. The number of aryl methyl sites for hydroxylation is 1. The minimum Gasteiger partial charge on any atom is -0.491 e. The molecule has 0 bridgehead atoms. The summed E-state index contributed by atoms with van der Waals surface area (Å²) in [6.07, 6.45) is 0. The van der Waals surface area contributed by atoms with E-state index in [1.54, 1.807) is 12.1 Å². The van der Waals surface area contributed by atoms with Gasteiger partial charge in [-0.15, -0.1) is 0 Å². The van der Waals surface area contributed by atoms with Gasteiger partial charge in [-0.3, -0.25) is 10.1 Å². The molecule has 2 aromatic rings. The predicted octanol–water partition coefficient (Wildman–Crippen LogP) is 3.23. The summed E-state index contributed by atoms with van der Waals surface area (Å²) in [5.74, 6) is 0.825. The van der Waals surface area contributed by atoms with Crippen LogP contribution in [-0.2, 0) is 4.74 Å². The fourth-order valence-electron chi connectivity index (χ4n) is 2.91. The Morgan fingerprint density at radius 2 is 2.00 bits per heavy atom. The summed E-state index contributed by atoms with van der Waals surface area (Å²) < 4.78 is 11.1. The molecule has 1 N–H and O–H groups in total. The Morgan fingerprint density at radius 1 is 1.23 bits per heavy atom. The van der Waals surface area contributed by atoms with E-state index in [0.717, 1.165) is 30.1 Å². The molecule has 7 nitrogen and oxygen atoms in total. The fraction of sp³-hybridized carbons (Fsp3) is 0.368. The van der Waals surface area contributed by atoms with Crippen molar-refractivity contribution in [2.24, 2.45) is 0 Å². The molecule has 0 saturated carbocycles. The predicted molar refractivity (Wildman–Crippen MR) is 101 cm³/mol. The Bertz CT molecular complexity index is 760. The molecule has 2 aromatic carbocycles. The topological polar surface area (TPSA) is 76.9 Å². The molecule has 138 valence electrons. The van der Waals surface area contributed by atoms with E-state index in [2.05, 4.69) is 10.2 Å². The zero-order valence-corrected chi connectivity index (χ0v) is 14.8. The lowest BCUT2D eigenvalue weighted by atomic mass is 10.2. The van der Waals surface area contributed by atoms with Gasteiger partial charge < -0.3 is 19.7 Å². The Morgan fingerprint density at radius 3 is 2.73 bits per heavy atom. The number of nitro groups is 1. The number of hydrogen-bond acceptors (Lipinski definition) is 6. The van der Waals surface area contributed by atoms with Gasteiger partial charge in [-0.05, 0) is 30.7 Å². The third kappa shape index (κ3) is 4.43. The second-order valence-corrected chi connectivity index (χ2v) is 6.10. The number of nitro benzene ring substituents is 1. The van der Waals surface area contributed by atoms with Crippen LogP contribution in [0.3, 0.4) is 0 Å². The molecule has 1 heterocycles. The third-order valence-electron chi connectivity index (χ3n) is 4.32. The first-order valence-corrected chi connectivity index (χ1v) is 8.68. The zero-order chi connectivity index (χ0) is 18.4. The summed E-state index contributed by atoms with van der Waals surface area (Å²) in [4.78, 5) is 13.1. The average molecular weight is 357 g/mol. The lowest BCUT2D eigenvalue weighted by Gasteiger charge is -2.29. The Balaban J connectivity index is 1.64. The highest BCUT2D eigenvalue weighted by atomic mass is 16.6. The summed E-state index contributed by atoms with van der Waals surface area (Å²) in [5, 5.41) is 14.4. The SMILES string of the molecule is Cc1ccccc1OCCNc1cc(N2CCOCC2)ccc1[N+](=O)[O-]. The van der Waals surface area contributed by atoms with Gasteiger partial charge in [0.15, 0.2) is 0 Å². The molecular weight excluding hydrogens is 334 g/mol. The number of benzene rings is 2. The molecule has 0 unspecified atom stereocenters. The number of morpholine rings is 1. The molecule has 0 aromatic heterocycles. The van der Waals surface area contributed by atoms with Crippen molar-refractivity contribution < 1.29 is 14.4 Å². The van der Waals surface area contributed by atoms with Gasteiger partial charge in [0, 0.05) is 31.4 Å². The van der Waals surface area contributed by atoms with E-state index >= 15 is 0 Å². The third-order valence-corrected chi connectivity index (χ3v) is 4.32. The van der Waals surface area contributed by atoms with Gasteiger partial charge in [0.2, 0.25) is 0 Å². The number of anilines is 2. The molecule has 0 atom stereocenters. The first-order chi connectivity index (χ1) is 12.6. The van der Waals surface area contributed by atoms with Crippen LogP contribution in [0.1, 0.15) is 5.56 Å². The average Bonchev–Trinajstić information content (AvgIpc) is 2.67. The van der Waals surface area contributed by atoms with Crippen molar-refractivity contribution in [1.29, 1.82) is 0 Å². The van der Waals surface area contributed by atoms with Gasteiger partial charge in [-0.25, -0.2) is 0 Å². The smallest absolute Gasteiger partial charge is 0.292 e. The summed E-state index contributed by atoms with van der Waals surface area (Å²) in [5.41, 5.74) is 2.60. The van der Waals surface area contributed by atoms with Crippen molar-refractivity contribution in [3.8, 4) is 5.75 Å². The Kier molecular flexibility index (Phi) is 5.91. The number of para-hydroxylation sites is 1. The highest BCUT2D eigenvalue weighted by molar-refractivity contribution is 5.69. The summed E-state index contributed by atoms with van der Waals surface area (Å²) in [6.45, 7) is 5.79. The largest absolute Gasteiger partial charge is 0.491 e. The highest BCUT2D eigenvalue weighted by Gasteiger charge is 2.18. The van der Waals surface area contributed by atoms with E-state index in [4.69, 9.17) is 9.47 Å². The second-order valence-electron chi connectivity index (χ2n) is 6.10. The quantitative estimate of drug-likeness (QED) is 0.466. The minimum atomic E-state index is -0.367. The second kappa shape index (κ2) is 8.53. The van der Waals surface area contributed by atoms with E-state index in [9.17, 15) is 10.1 Å². The molecule has 0 spiro atoms. The van der Waals surface area contributed by atoms with Crippen LogP contribution in [0, 0.1) is 17.0 Å². The number of rotatable bonds is 7. The normalized spacial score (nSPS) is 14.1. The van der Waals surface area contributed by atoms with Crippen molar-refractivity contribution in [2.75, 3.05) is 49.7 Å². The van der Waals surface area contributed by atoms with E-state index in [0.29, 0.717) is 32.1 Å². The number of nitrogens with zero attached hydrogens (tertiary/aromatic N) is 2. The zero-order valence-electron chi connectivity index (χ0n) is 14.8. The van der Waals surface area contributed by atoms with Gasteiger partial charge in [0.05, 0.1) is 18.1 Å². The number of ether oxygens (including phenoxy) is 2. The van der Waals surface area contributed by atoms with E-state index < -0.39 is 0 Å². The maximum absolute atomic E-state index is 11.3. The monoisotopic (exact) mass is 357 g/mol. The lowest BCUT2D eigenvalue weighted by molar-refractivity contribution is -0.383. The van der Waals surface area contributed by atoms with Crippen LogP contribution in [0.15, 0.2) is 42.5 Å². The van der Waals surface area contributed by atoms with Crippen molar-refractivity contribution in [3.63, 3.8) is 0 Å². The molecular formula is C19H23N3O4. The van der Waals surface area contributed by atoms with Gasteiger partial charge in [-0.2, -0.15) is 0 Å². The maximum atomic E-state index is 11.3. The molecule has 26 heavy (non-hydrogen) atoms. The van der Waals surface area contributed by atoms with Crippen molar-refractivity contribution >= 4 is 17.1 Å². The first kappa shape index (κ1) is 18.0.